The van der Waals surface area contributed by atoms with Gasteiger partial charge in [0, 0.05) is 38.3 Å². The number of fused-ring (bicyclic) bond motifs is 13. The van der Waals surface area contributed by atoms with E-state index >= 15 is 0 Å². The minimum absolute atomic E-state index is 1.12. The minimum atomic E-state index is -3.05. The summed E-state index contributed by atoms with van der Waals surface area (Å²) in [4.78, 5) is 0. The van der Waals surface area contributed by atoms with E-state index in [1.165, 1.54) is 119 Å². The molecule has 15 aromatic rings. The van der Waals surface area contributed by atoms with E-state index in [0.717, 1.165) is 11.4 Å². The van der Waals surface area contributed by atoms with Crippen molar-refractivity contribution in [2.24, 2.45) is 0 Å². The molecule has 0 spiro atoms. The number of para-hydroxylation sites is 2. The molecule has 0 radical (unpaired) electrons. The van der Waals surface area contributed by atoms with Gasteiger partial charge in [-0.2, -0.15) is 0 Å². The Morgan fingerprint density at radius 1 is 0.200 bits per heavy atom. The summed E-state index contributed by atoms with van der Waals surface area (Å²) in [7, 11) is -3.05. The third-order valence-electron chi connectivity index (χ3n) is 16.0. The van der Waals surface area contributed by atoms with Crippen LogP contribution in [0, 0.1) is 0 Å². The van der Waals surface area contributed by atoms with E-state index in [-0.39, 0.29) is 0 Å². The summed E-state index contributed by atoms with van der Waals surface area (Å²) in [6.07, 6.45) is 0. The molecule has 0 saturated heterocycles. The molecule has 350 valence electrons. The van der Waals surface area contributed by atoms with Gasteiger partial charge in [0.15, 0.2) is 8.07 Å². The molecule has 0 atom stereocenters. The molecular formula is C72H48N2Si. The average Bonchev–Trinajstić information content (AvgIpc) is 4.04. The van der Waals surface area contributed by atoms with Crippen LogP contribution in [0.4, 0.5) is 0 Å². The van der Waals surface area contributed by atoms with Gasteiger partial charge in [0.25, 0.3) is 0 Å². The largest absolute Gasteiger partial charge is 0.309 e. The molecule has 75 heavy (non-hydrogen) atoms. The van der Waals surface area contributed by atoms with Crippen LogP contribution in [0.15, 0.2) is 291 Å². The Morgan fingerprint density at radius 3 is 1.17 bits per heavy atom. The van der Waals surface area contributed by atoms with E-state index < -0.39 is 8.07 Å². The highest BCUT2D eigenvalue weighted by molar-refractivity contribution is 7.20. The Hall–Kier alpha value is -9.54. The predicted molar refractivity (Wildman–Crippen MR) is 322 cm³/mol. The molecule has 0 aliphatic rings. The molecule has 0 N–H and O–H groups in total. The molecule has 0 aliphatic heterocycles. The van der Waals surface area contributed by atoms with E-state index in [1.807, 2.05) is 0 Å². The van der Waals surface area contributed by atoms with Crippen LogP contribution in [0.25, 0.3) is 110 Å². The summed E-state index contributed by atoms with van der Waals surface area (Å²) in [5, 5.41) is 18.0. The molecule has 13 aromatic carbocycles. The Balaban J connectivity index is 1.02. The van der Waals surface area contributed by atoms with Crippen LogP contribution in [0.1, 0.15) is 0 Å². The molecule has 2 aromatic heterocycles. The topological polar surface area (TPSA) is 9.86 Å². The van der Waals surface area contributed by atoms with E-state index in [0.29, 0.717) is 0 Å². The SMILES string of the molecule is c1ccc(-c2cccc([Si](c3ccccc3)(c3ccc(-n4c5cc(-n6c7ccccc7c7ccccc76)ccc5c5c6c7ccccc7c7ccccc7c6ccc54)cc3)c3cccc(-c4ccccc4)c3)c2)cc1. The fourth-order valence-electron chi connectivity index (χ4n) is 12.8. The van der Waals surface area contributed by atoms with Gasteiger partial charge in [-0.15, -0.1) is 0 Å². The van der Waals surface area contributed by atoms with Gasteiger partial charge < -0.3 is 9.13 Å². The summed E-state index contributed by atoms with van der Waals surface area (Å²) >= 11 is 0. The van der Waals surface area contributed by atoms with Gasteiger partial charge in [-0.1, -0.05) is 249 Å². The van der Waals surface area contributed by atoms with Crippen molar-refractivity contribution in [2.45, 2.75) is 0 Å². The maximum atomic E-state index is 2.53. The lowest BCUT2D eigenvalue weighted by Gasteiger charge is -2.35. The van der Waals surface area contributed by atoms with Crippen LogP contribution in [0.3, 0.4) is 0 Å². The molecule has 0 amide bonds. The van der Waals surface area contributed by atoms with Gasteiger partial charge in [-0.25, -0.2) is 0 Å². The van der Waals surface area contributed by atoms with Gasteiger partial charge in [0.2, 0.25) is 0 Å². The van der Waals surface area contributed by atoms with Crippen LogP contribution < -0.4 is 20.7 Å². The Labute approximate surface area is 436 Å². The number of hydrogen-bond acceptors (Lipinski definition) is 0. The van der Waals surface area contributed by atoms with Crippen LogP contribution in [0.2, 0.25) is 0 Å². The van der Waals surface area contributed by atoms with Crippen LogP contribution >= 0.6 is 0 Å². The maximum Gasteiger partial charge on any atom is 0.179 e. The molecule has 0 aliphatic carbocycles. The molecule has 3 heteroatoms. The van der Waals surface area contributed by atoms with Gasteiger partial charge in [0.05, 0.1) is 22.1 Å². The summed E-state index contributed by atoms with van der Waals surface area (Å²) in [6, 6.07) is 109. The lowest BCUT2D eigenvalue weighted by atomic mass is 9.92. The monoisotopic (exact) mass is 968 g/mol. The van der Waals surface area contributed by atoms with Crippen LogP contribution in [0.5, 0.6) is 0 Å². The zero-order chi connectivity index (χ0) is 49.5. The Morgan fingerprint density at radius 2 is 0.600 bits per heavy atom. The lowest BCUT2D eigenvalue weighted by Crippen LogP contribution is -2.74. The zero-order valence-corrected chi connectivity index (χ0v) is 42.1. The van der Waals surface area contributed by atoms with Gasteiger partial charge in [0.1, 0.15) is 0 Å². The van der Waals surface area contributed by atoms with Gasteiger partial charge >= 0.3 is 0 Å². The second kappa shape index (κ2) is 17.3. The number of aromatic nitrogens is 2. The van der Waals surface area contributed by atoms with Crippen LogP contribution in [-0.2, 0) is 0 Å². The van der Waals surface area contributed by atoms with Gasteiger partial charge in [-0.3, -0.25) is 0 Å². The summed E-state index contributed by atoms with van der Waals surface area (Å²) in [5.74, 6) is 0. The molecule has 2 heterocycles. The number of nitrogens with zero attached hydrogens (tertiary/aromatic N) is 2. The molecule has 0 fully saturated rings. The Bertz CT molecular complexity index is 4510. The van der Waals surface area contributed by atoms with E-state index in [1.54, 1.807) is 0 Å². The highest BCUT2D eigenvalue weighted by Crippen LogP contribution is 2.44. The van der Waals surface area contributed by atoms with Crippen molar-refractivity contribution in [2.75, 3.05) is 0 Å². The summed E-state index contributed by atoms with van der Waals surface area (Å²) in [5.41, 5.74) is 11.9. The fourth-order valence-corrected chi connectivity index (χ4v) is 17.6. The first-order valence-corrected chi connectivity index (χ1v) is 28.0. The highest BCUT2D eigenvalue weighted by Gasteiger charge is 2.42. The molecule has 0 bridgehead atoms. The van der Waals surface area contributed by atoms with Crippen molar-refractivity contribution < 1.29 is 0 Å². The maximum absolute atomic E-state index is 3.05. The van der Waals surface area contributed by atoms with Crippen molar-refractivity contribution in [1.82, 2.24) is 9.13 Å². The average molecular weight is 969 g/mol. The van der Waals surface area contributed by atoms with E-state index in [9.17, 15) is 0 Å². The standard InChI is InChI=1S/C72H48N2Si/c1-4-20-49(21-5-1)51-24-18-28-57(46-51)75(55-26-8-3-9-27-55,58-29-19-25-52(47-58)50-22-6-2-7-23-50)56-41-38-53(39-42-56)73-69-45-44-65-61-32-11-10-30-59(61)60-31-12-13-35-64(60)71(65)72(69)66-43-40-54(48-70(66)73)74-67-36-16-14-33-62(67)63-34-15-17-37-68(63)74/h1-48H. The predicted octanol–water partition coefficient (Wildman–Crippen LogP) is 16.1. The fraction of sp³-hybridized carbons (Fsp3) is 0. The first kappa shape index (κ1) is 43.1. The highest BCUT2D eigenvalue weighted by atomic mass is 28.3. The lowest BCUT2D eigenvalue weighted by molar-refractivity contribution is 1.16. The zero-order valence-electron chi connectivity index (χ0n) is 41.1. The normalized spacial score (nSPS) is 12.0. The van der Waals surface area contributed by atoms with E-state index in [2.05, 4.69) is 300 Å². The van der Waals surface area contributed by atoms with E-state index in [4.69, 9.17) is 0 Å². The van der Waals surface area contributed by atoms with Crippen molar-refractivity contribution in [3.05, 3.63) is 291 Å². The molecule has 15 rings (SSSR count). The third kappa shape index (κ3) is 6.65. The number of hydrogen-bond donors (Lipinski definition) is 0. The summed E-state index contributed by atoms with van der Waals surface area (Å²) < 4.78 is 4.98. The van der Waals surface area contributed by atoms with Crippen molar-refractivity contribution in [3.63, 3.8) is 0 Å². The quantitative estimate of drug-likeness (QED) is 0.0816. The third-order valence-corrected chi connectivity index (χ3v) is 20.8. The second-order valence-corrected chi connectivity index (χ2v) is 23.7. The van der Waals surface area contributed by atoms with Crippen LogP contribution in [-0.4, -0.2) is 17.2 Å². The Kier molecular flexibility index (Phi) is 9.94. The molecular weight excluding hydrogens is 921 g/mol. The summed E-state index contributed by atoms with van der Waals surface area (Å²) in [6.45, 7) is 0. The molecule has 0 saturated carbocycles. The van der Waals surface area contributed by atoms with Crippen molar-refractivity contribution in [1.29, 1.82) is 0 Å². The minimum Gasteiger partial charge on any atom is -0.309 e. The number of benzene rings is 13. The second-order valence-electron chi connectivity index (χ2n) is 19.9. The van der Waals surface area contributed by atoms with Crippen molar-refractivity contribution >= 4 is 105 Å². The van der Waals surface area contributed by atoms with Gasteiger partial charge in [-0.05, 0) is 112 Å². The molecule has 2 nitrogen and oxygen atoms in total. The number of rotatable bonds is 8. The van der Waals surface area contributed by atoms with Crippen molar-refractivity contribution in [3.8, 4) is 33.6 Å². The first-order valence-electron chi connectivity index (χ1n) is 26.0. The molecule has 0 unspecified atom stereocenters. The smallest absolute Gasteiger partial charge is 0.179 e. The first-order chi connectivity index (χ1) is 37.2.